The Morgan fingerprint density at radius 2 is 1.52 bits per heavy atom. The van der Waals surface area contributed by atoms with E-state index in [1.807, 2.05) is 18.2 Å². The number of rotatable bonds is 3. The van der Waals surface area contributed by atoms with Gasteiger partial charge in [0.1, 0.15) is 5.70 Å². The van der Waals surface area contributed by atoms with Crippen LogP contribution in [0.5, 0.6) is 0 Å². The van der Waals surface area contributed by atoms with Gasteiger partial charge < -0.3 is 10.2 Å². The third kappa shape index (κ3) is 3.01. The Hall–Kier alpha value is -3.08. The molecule has 1 N–H and O–H groups in total. The van der Waals surface area contributed by atoms with Crippen molar-refractivity contribution in [3.8, 4) is 0 Å². The number of urea groups is 1. The van der Waals surface area contributed by atoms with Crippen LogP contribution >= 0.6 is 0 Å². The van der Waals surface area contributed by atoms with Gasteiger partial charge in [-0.3, -0.25) is 4.79 Å². The number of benzene rings is 2. The van der Waals surface area contributed by atoms with Crippen LogP contribution in [0.1, 0.15) is 18.4 Å². The smallest absolute Gasteiger partial charge is 0.333 e. The molecule has 0 aliphatic carbocycles. The van der Waals surface area contributed by atoms with Crippen LogP contribution in [0, 0.1) is 0 Å². The average Bonchev–Trinajstić information content (AvgIpc) is 3.26. The van der Waals surface area contributed by atoms with Gasteiger partial charge in [0.15, 0.2) is 0 Å². The van der Waals surface area contributed by atoms with Crippen LogP contribution in [0.2, 0.25) is 0 Å². The van der Waals surface area contributed by atoms with E-state index in [-0.39, 0.29) is 5.91 Å². The van der Waals surface area contributed by atoms with Crippen LogP contribution in [0.3, 0.4) is 0 Å². The summed E-state index contributed by atoms with van der Waals surface area (Å²) in [7, 11) is 0. The minimum Gasteiger partial charge on any atom is -0.372 e. The number of imide groups is 1. The van der Waals surface area contributed by atoms with Gasteiger partial charge in [-0.25, -0.2) is 9.69 Å². The summed E-state index contributed by atoms with van der Waals surface area (Å²) in [6.07, 6.45) is 4.19. The lowest BCUT2D eigenvalue weighted by atomic mass is 10.1. The van der Waals surface area contributed by atoms with Crippen LogP contribution in [0.15, 0.2) is 60.3 Å². The second-order valence-electron chi connectivity index (χ2n) is 6.25. The zero-order valence-electron chi connectivity index (χ0n) is 13.8. The molecule has 2 saturated heterocycles. The van der Waals surface area contributed by atoms with Gasteiger partial charge in [0, 0.05) is 18.8 Å². The number of para-hydroxylation sites is 1. The molecule has 0 radical (unpaired) electrons. The molecule has 0 aromatic heterocycles. The van der Waals surface area contributed by atoms with Gasteiger partial charge >= 0.3 is 6.03 Å². The van der Waals surface area contributed by atoms with E-state index in [2.05, 4.69) is 22.3 Å². The van der Waals surface area contributed by atoms with Gasteiger partial charge in [-0.15, -0.1) is 0 Å². The Balaban J connectivity index is 1.55. The zero-order chi connectivity index (χ0) is 17.2. The number of hydrogen-bond donors (Lipinski definition) is 1. The van der Waals surface area contributed by atoms with Crippen molar-refractivity contribution in [2.24, 2.45) is 0 Å². The van der Waals surface area contributed by atoms with Gasteiger partial charge in [0.05, 0.1) is 5.69 Å². The van der Waals surface area contributed by atoms with Crippen LogP contribution < -0.4 is 15.1 Å². The largest absolute Gasteiger partial charge is 0.372 e. The molecule has 0 atom stereocenters. The van der Waals surface area contributed by atoms with Crippen LogP contribution in [-0.2, 0) is 4.79 Å². The number of anilines is 2. The summed E-state index contributed by atoms with van der Waals surface area (Å²) in [6, 6.07) is 16.6. The summed E-state index contributed by atoms with van der Waals surface area (Å²) in [5, 5.41) is 2.66. The molecule has 126 valence electrons. The van der Waals surface area contributed by atoms with E-state index in [0.29, 0.717) is 11.4 Å². The highest BCUT2D eigenvalue weighted by Crippen LogP contribution is 2.24. The highest BCUT2D eigenvalue weighted by Gasteiger charge is 2.34. The Labute approximate surface area is 146 Å². The fourth-order valence-electron chi connectivity index (χ4n) is 3.27. The average molecular weight is 333 g/mol. The quantitative estimate of drug-likeness (QED) is 0.692. The molecule has 2 aliphatic rings. The van der Waals surface area contributed by atoms with E-state index >= 15 is 0 Å². The Morgan fingerprint density at radius 1 is 0.840 bits per heavy atom. The van der Waals surface area contributed by atoms with Crippen molar-refractivity contribution in [1.29, 1.82) is 0 Å². The van der Waals surface area contributed by atoms with Crippen molar-refractivity contribution in [2.45, 2.75) is 12.8 Å². The Bertz CT molecular complexity index is 822. The topological polar surface area (TPSA) is 52.7 Å². The Morgan fingerprint density at radius 3 is 2.20 bits per heavy atom. The van der Waals surface area contributed by atoms with E-state index < -0.39 is 6.03 Å². The molecule has 2 heterocycles. The number of hydrogen-bond acceptors (Lipinski definition) is 3. The first-order chi connectivity index (χ1) is 12.2. The van der Waals surface area contributed by atoms with Gasteiger partial charge in [-0.2, -0.15) is 0 Å². The SMILES string of the molecule is O=C1N/C(=C/c2ccc(N3CCCC3)cc2)C(=O)N1c1ccccc1. The maximum Gasteiger partial charge on any atom is 0.333 e. The maximum absolute atomic E-state index is 12.6. The summed E-state index contributed by atoms with van der Waals surface area (Å²) in [6.45, 7) is 2.20. The van der Waals surface area contributed by atoms with Crippen molar-refractivity contribution in [2.75, 3.05) is 22.9 Å². The van der Waals surface area contributed by atoms with Crippen molar-refractivity contribution in [3.63, 3.8) is 0 Å². The molecule has 0 unspecified atom stereocenters. The van der Waals surface area contributed by atoms with E-state index in [4.69, 9.17) is 0 Å². The maximum atomic E-state index is 12.6. The first kappa shape index (κ1) is 15.4. The summed E-state index contributed by atoms with van der Waals surface area (Å²) >= 11 is 0. The highest BCUT2D eigenvalue weighted by molar-refractivity contribution is 6.28. The Kier molecular flexibility index (Phi) is 3.98. The number of amides is 3. The van der Waals surface area contributed by atoms with E-state index in [9.17, 15) is 9.59 Å². The number of nitrogens with one attached hydrogen (secondary N) is 1. The molecule has 4 rings (SSSR count). The van der Waals surface area contributed by atoms with Crippen LogP contribution in [-0.4, -0.2) is 25.0 Å². The molecule has 2 fully saturated rings. The van der Waals surface area contributed by atoms with Gasteiger partial charge in [-0.1, -0.05) is 30.3 Å². The fourth-order valence-corrected chi connectivity index (χ4v) is 3.27. The number of carbonyl (C=O) groups is 2. The third-order valence-corrected chi connectivity index (χ3v) is 4.57. The molecule has 2 aliphatic heterocycles. The standard InChI is InChI=1S/C20H19N3O2/c24-19-18(21-20(25)23(19)17-6-2-1-3-7-17)14-15-8-10-16(11-9-15)22-12-4-5-13-22/h1-3,6-11,14H,4-5,12-13H2,(H,21,25)/b18-14+. The lowest BCUT2D eigenvalue weighted by molar-refractivity contribution is -0.113. The zero-order valence-corrected chi connectivity index (χ0v) is 13.8. The second-order valence-corrected chi connectivity index (χ2v) is 6.25. The first-order valence-corrected chi connectivity index (χ1v) is 8.49. The number of nitrogens with zero attached hydrogens (tertiary/aromatic N) is 2. The summed E-state index contributed by atoms with van der Waals surface area (Å²) in [4.78, 5) is 28.2. The fraction of sp³-hybridized carbons (Fsp3) is 0.200. The summed E-state index contributed by atoms with van der Waals surface area (Å²) < 4.78 is 0. The summed E-state index contributed by atoms with van der Waals surface area (Å²) in [5.41, 5.74) is 2.95. The van der Waals surface area contributed by atoms with Gasteiger partial charge in [-0.05, 0) is 48.7 Å². The lowest BCUT2D eigenvalue weighted by Crippen LogP contribution is -2.30. The molecule has 0 saturated carbocycles. The molecule has 5 heteroatoms. The van der Waals surface area contributed by atoms with E-state index in [0.717, 1.165) is 23.6 Å². The van der Waals surface area contributed by atoms with E-state index in [1.165, 1.54) is 18.5 Å². The monoisotopic (exact) mass is 333 g/mol. The summed E-state index contributed by atoms with van der Waals surface area (Å²) in [5.74, 6) is -0.334. The lowest BCUT2D eigenvalue weighted by Gasteiger charge is -2.17. The van der Waals surface area contributed by atoms with Crippen molar-refractivity contribution in [3.05, 3.63) is 65.9 Å². The molecule has 2 aromatic rings. The molecule has 0 bridgehead atoms. The first-order valence-electron chi connectivity index (χ1n) is 8.49. The number of carbonyl (C=O) groups excluding carboxylic acids is 2. The predicted octanol–water partition coefficient (Wildman–Crippen LogP) is 3.38. The molecular formula is C20H19N3O2. The van der Waals surface area contributed by atoms with Crippen molar-refractivity contribution >= 4 is 29.4 Å². The van der Waals surface area contributed by atoms with E-state index in [1.54, 1.807) is 30.3 Å². The molecule has 3 amide bonds. The van der Waals surface area contributed by atoms with Crippen molar-refractivity contribution < 1.29 is 9.59 Å². The molecule has 25 heavy (non-hydrogen) atoms. The van der Waals surface area contributed by atoms with Crippen LogP contribution in [0.25, 0.3) is 6.08 Å². The van der Waals surface area contributed by atoms with Gasteiger partial charge in [0.25, 0.3) is 5.91 Å². The predicted molar refractivity (Wildman–Crippen MR) is 98.3 cm³/mol. The second kappa shape index (κ2) is 6.43. The normalized spacial score (nSPS) is 19.0. The molecule has 2 aromatic carbocycles. The van der Waals surface area contributed by atoms with Crippen molar-refractivity contribution in [1.82, 2.24) is 5.32 Å². The third-order valence-electron chi connectivity index (χ3n) is 4.57. The van der Waals surface area contributed by atoms with Crippen LogP contribution in [0.4, 0.5) is 16.2 Å². The van der Waals surface area contributed by atoms with Gasteiger partial charge in [0.2, 0.25) is 0 Å². The molecule has 5 nitrogen and oxygen atoms in total. The minimum atomic E-state index is -0.420. The highest BCUT2D eigenvalue weighted by atomic mass is 16.2. The molecule has 0 spiro atoms. The minimum absolute atomic E-state index is 0.294. The molecular weight excluding hydrogens is 314 g/mol.